The topological polar surface area (TPSA) is 108 Å². The van der Waals surface area contributed by atoms with Crippen LogP contribution in [-0.2, 0) is 6.42 Å². The number of hydrogen-bond donors (Lipinski definition) is 3. The number of phenolic OH excluding ortho intramolecular Hbond substituents is 1. The van der Waals surface area contributed by atoms with Crippen LogP contribution in [0.1, 0.15) is 11.3 Å². The van der Waals surface area contributed by atoms with Crippen molar-refractivity contribution in [2.75, 3.05) is 6.54 Å². The van der Waals surface area contributed by atoms with E-state index in [1.54, 1.807) is 42.9 Å². The van der Waals surface area contributed by atoms with Crippen LogP contribution >= 0.6 is 0 Å². The van der Waals surface area contributed by atoms with E-state index in [4.69, 9.17) is 10.2 Å². The molecule has 1 aromatic heterocycles. The predicted molar refractivity (Wildman–Crippen MR) is 93.5 cm³/mol. The van der Waals surface area contributed by atoms with Gasteiger partial charge in [-0.15, -0.1) is 5.43 Å². The normalized spacial score (nSPS) is 21.5. The lowest BCUT2D eigenvalue weighted by atomic mass is 10.1. The maximum atomic E-state index is 9.87. The number of quaternary nitrogens is 1. The minimum absolute atomic E-state index is 0.108. The molecule has 4 rings (SSSR count). The molecular weight excluding hydrogens is 320 g/mol. The van der Waals surface area contributed by atoms with E-state index >= 15 is 0 Å². The number of benzene rings is 1. The molecule has 3 heterocycles. The second kappa shape index (κ2) is 6.00. The summed E-state index contributed by atoms with van der Waals surface area (Å²) in [5, 5.41) is 14.3. The summed E-state index contributed by atoms with van der Waals surface area (Å²) in [6.07, 6.45) is 5.52. The number of aromatic hydroxyl groups is 1. The van der Waals surface area contributed by atoms with Crippen LogP contribution < -0.4 is 11.2 Å². The maximum Gasteiger partial charge on any atom is 0.286 e. The van der Waals surface area contributed by atoms with Crippen LogP contribution in [0.2, 0.25) is 0 Å². The van der Waals surface area contributed by atoms with Gasteiger partial charge in [-0.2, -0.15) is 9.98 Å². The molecule has 8 heteroatoms. The monoisotopic (exact) mass is 337 g/mol. The van der Waals surface area contributed by atoms with E-state index in [-0.39, 0.29) is 10.5 Å². The molecule has 0 radical (unpaired) electrons. The molecular formula is C17H17N6O2+. The molecule has 0 amide bonds. The van der Waals surface area contributed by atoms with Crippen LogP contribution in [0.25, 0.3) is 0 Å². The maximum absolute atomic E-state index is 9.87. The van der Waals surface area contributed by atoms with Crippen LogP contribution in [0, 0.1) is 0 Å². The summed E-state index contributed by atoms with van der Waals surface area (Å²) in [5.41, 5.74) is 10.00. The molecule has 4 N–H and O–H groups in total. The highest BCUT2D eigenvalue weighted by Crippen LogP contribution is 2.25. The smallest absolute Gasteiger partial charge is 0.286 e. The minimum Gasteiger partial charge on any atom is -0.508 e. The summed E-state index contributed by atoms with van der Waals surface area (Å²) in [7, 11) is 0. The first-order valence-electron chi connectivity index (χ1n) is 7.83. The largest absolute Gasteiger partial charge is 0.508 e. The molecule has 25 heavy (non-hydrogen) atoms. The van der Waals surface area contributed by atoms with E-state index < -0.39 is 0 Å². The Morgan fingerprint density at radius 1 is 1.20 bits per heavy atom. The number of phenols is 1. The second-order valence-corrected chi connectivity index (χ2v) is 5.66. The third-order valence-electron chi connectivity index (χ3n) is 3.95. The van der Waals surface area contributed by atoms with Gasteiger partial charge in [-0.1, -0.05) is 18.2 Å². The lowest BCUT2D eigenvalue weighted by Crippen LogP contribution is -2.52. The Morgan fingerprint density at radius 2 is 2.08 bits per heavy atom. The Kier molecular flexibility index (Phi) is 3.68. The van der Waals surface area contributed by atoms with Crippen LogP contribution in [0.3, 0.4) is 0 Å². The fourth-order valence-electron chi connectivity index (χ4n) is 2.73. The van der Waals surface area contributed by atoms with Crippen LogP contribution in [0.4, 0.5) is 0 Å². The van der Waals surface area contributed by atoms with Crippen molar-refractivity contribution in [3.05, 3.63) is 65.9 Å². The summed E-state index contributed by atoms with van der Waals surface area (Å²) in [4.78, 5) is 8.86. The van der Waals surface area contributed by atoms with Crippen LogP contribution in [0.5, 0.6) is 5.75 Å². The number of fused-ring (bicyclic) bond motifs is 1. The van der Waals surface area contributed by atoms with Crippen LogP contribution in [0.15, 0.2) is 74.1 Å². The molecule has 126 valence electrons. The molecule has 2 aromatic rings. The summed E-state index contributed by atoms with van der Waals surface area (Å²) in [6, 6.07) is 10.8. The molecule has 0 saturated heterocycles. The van der Waals surface area contributed by atoms with Gasteiger partial charge in [-0.05, 0) is 40.0 Å². The molecule has 1 unspecified atom stereocenters. The number of aliphatic imine (C=N–C) groups is 2. The predicted octanol–water partition coefficient (Wildman–Crippen LogP) is 1.46. The van der Waals surface area contributed by atoms with E-state index in [0.717, 1.165) is 5.56 Å². The summed E-state index contributed by atoms with van der Waals surface area (Å²) >= 11 is 0. The SMILES string of the molecule is NC1=N[N+]2(NCCc3ccccc3O)C=NC(c3ccco3)=NC2=C1. The fourth-order valence-corrected chi connectivity index (χ4v) is 2.73. The first-order chi connectivity index (χ1) is 12.2. The lowest BCUT2D eigenvalue weighted by Gasteiger charge is -2.25. The fraction of sp³-hybridized carbons (Fsp3) is 0.118. The average molecular weight is 337 g/mol. The number of amidine groups is 2. The van der Waals surface area contributed by atoms with Crippen molar-refractivity contribution in [3.63, 3.8) is 0 Å². The van der Waals surface area contributed by atoms with Gasteiger partial charge >= 0.3 is 0 Å². The molecule has 0 spiro atoms. The molecule has 0 fully saturated rings. The van der Waals surface area contributed by atoms with Gasteiger partial charge in [0.1, 0.15) is 5.75 Å². The standard InChI is InChI=1S/C17H16N6O2/c18-15-10-16-21-17(14-6-3-9-25-14)19-11-23(16,22-15)20-8-7-12-4-1-2-5-13(12)24/h1-6,9-11,20H,7-8H2,(H2-,18,22,24)/p+1. The quantitative estimate of drug-likeness (QED) is 0.718. The summed E-state index contributed by atoms with van der Waals surface area (Å²) < 4.78 is 5.23. The zero-order valence-corrected chi connectivity index (χ0v) is 13.3. The molecule has 2 aliphatic rings. The van der Waals surface area contributed by atoms with Gasteiger partial charge in [0, 0.05) is 0 Å². The molecule has 1 aromatic carbocycles. The van der Waals surface area contributed by atoms with E-state index in [0.29, 0.717) is 36.2 Å². The number of nitrogens with zero attached hydrogens (tertiary/aromatic N) is 4. The van der Waals surface area contributed by atoms with E-state index in [1.165, 1.54) is 0 Å². The Balaban J connectivity index is 1.52. The zero-order valence-electron chi connectivity index (χ0n) is 13.3. The molecule has 0 bridgehead atoms. The van der Waals surface area contributed by atoms with Crippen molar-refractivity contribution in [3.8, 4) is 5.75 Å². The van der Waals surface area contributed by atoms with Gasteiger partial charge in [0.25, 0.3) is 5.82 Å². The van der Waals surface area contributed by atoms with Gasteiger partial charge in [0.15, 0.2) is 11.6 Å². The first-order valence-corrected chi connectivity index (χ1v) is 7.83. The third kappa shape index (κ3) is 2.84. The number of rotatable bonds is 5. The Morgan fingerprint density at radius 3 is 2.88 bits per heavy atom. The highest BCUT2D eigenvalue weighted by molar-refractivity contribution is 6.03. The third-order valence-corrected chi connectivity index (χ3v) is 3.95. The van der Waals surface area contributed by atoms with E-state index in [2.05, 4.69) is 20.5 Å². The van der Waals surface area contributed by atoms with Gasteiger partial charge in [-0.3, -0.25) is 0 Å². The summed E-state index contributed by atoms with van der Waals surface area (Å²) in [5.74, 6) is 2.29. The number of nitrogens with one attached hydrogen (secondary N) is 1. The average Bonchev–Trinajstić information content (AvgIpc) is 3.23. The molecule has 0 saturated carbocycles. The van der Waals surface area contributed by atoms with Crippen molar-refractivity contribution in [1.29, 1.82) is 0 Å². The van der Waals surface area contributed by atoms with Gasteiger partial charge in [-0.25, -0.2) is 0 Å². The van der Waals surface area contributed by atoms with E-state index in [9.17, 15) is 5.11 Å². The molecule has 8 nitrogen and oxygen atoms in total. The highest BCUT2D eigenvalue weighted by atomic mass is 16.3. The number of hydrogen-bond acceptors (Lipinski definition) is 7. The highest BCUT2D eigenvalue weighted by Gasteiger charge is 2.41. The van der Waals surface area contributed by atoms with Gasteiger partial charge in [0.05, 0.1) is 18.9 Å². The minimum atomic E-state index is -0.108. The van der Waals surface area contributed by atoms with Crippen molar-refractivity contribution < 1.29 is 14.2 Å². The van der Waals surface area contributed by atoms with Crippen molar-refractivity contribution in [2.45, 2.75) is 6.42 Å². The number of nitrogens with two attached hydrogens (primary N) is 1. The Labute approximate surface area is 143 Å². The van der Waals surface area contributed by atoms with Gasteiger partial charge < -0.3 is 15.3 Å². The Bertz CT molecular complexity index is 913. The number of para-hydroxylation sites is 1. The zero-order chi connectivity index (χ0) is 17.3. The first kappa shape index (κ1) is 15.3. The molecule has 0 aliphatic carbocycles. The molecule has 2 aliphatic heterocycles. The van der Waals surface area contributed by atoms with Crippen molar-refractivity contribution in [1.82, 2.24) is 5.43 Å². The lowest BCUT2D eigenvalue weighted by molar-refractivity contribution is -0.849. The second-order valence-electron chi connectivity index (χ2n) is 5.66. The Hall–Kier alpha value is -3.23. The summed E-state index contributed by atoms with van der Waals surface area (Å²) in [6.45, 7) is 0.545. The number of furan rings is 1. The van der Waals surface area contributed by atoms with Gasteiger partial charge in [0.2, 0.25) is 12.2 Å². The van der Waals surface area contributed by atoms with Crippen molar-refractivity contribution >= 4 is 18.0 Å². The van der Waals surface area contributed by atoms with E-state index in [1.807, 2.05) is 12.1 Å². The molecule has 1 atom stereocenters. The van der Waals surface area contributed by atoms with Crippen molar-refractivity contribution in [2.24, 2.45) is 20.8 Å². The van der Waals surface area contributed by atoms with Crippen LogP contribution in [-0.4, -0.2) is 34.4 Å².